The van der Waals surface area contributed by atoms with Crippen LogP contribution in [0.5, 0.6) is 0 Å². The molecule has 0 atom stereocenters. The van der Waals surface area contributed by atoms with Gasteiger partial charge in [0.05, 0.1) is 16.7 Å². The summed E-state index contributed by atoms with van der Waals surface area (Å²) in [5.41, 5.74) is 8.07. The Bertz CT molecular complexity index is 828. The molecule has 22 heavy (non-hydrogen) atoms. The zero-order chi connectivity index (χ0) is 15.9. The molecule has 0 spiro atoms. The molecule has 3 rings (SSSR count). The molecule has 0 N–H and O–H groups in total. The van der Waals surface area contributed by atoms with Crippen molar-refractivity contribution in [2.75, 3.05) is 0 Å². The van der Waals surface area contributed by atoms with Gasteiger partial charge in [-0.25, -0.2) is 4.98 Å². The molecule has 0 saturated heterocycles. The quantitative estimate of drug-likeness (QED) is 0.690. The van der Waals surface area contributed by atoms with Crippen LogP contribution in [0.4, 0.5) is 0 Å². The Labute approximate surface area is 132 Å². The average Bonchev–Trinajstić information content (AvgIpc) is 2.83. The molecule has 114 valence electrons. The Morgan fingerprint density at radius 2 is 1.95 bits per heavy atom. The van der Waals surface area contributed by atoms with Crippen molar-refractivity contribution in [2.45, 2.75) is 47.1 Å². The first-order valence-corrected chi connectivity index (χ1v) is 7.96. The number of aryl methyl sites for hydroxylation is 3. The van der Waals surface area contributed by atoms with E-state index in [1.807, 2.05) is 12.3 Å². The summed E-state index contributed by atoms with van der Waals surface area (Å²) in [6, 6.07) is 6.82. The van der Waals surface area contributed by atoms with Crippen molar-refractivity contribution in [3.8, 4) is 11.3 Å². The summed E-state index contributed by atoms with van der Waals surface area (Å²) in [6.45, 7) is 10.8. The third-order valence-electron chi connectivity index (χ3n) is 4.21. The second-order valence-corrected chi connectivity index (χ2v) is 6.19. The van der Waals surface area contributed by atoms with Crippen molar-refractivity contribution < 1.29 is 0 Å². The molecule has 3 aromatic rings. The highest BCUT2D eigenvalue weighted by molar-refractivity contribution is 5.84. The van der Waals surface area contributed by atoms with Gasteiger partial charge in [0, 0.05) is 29.7 Å². The summed E-state index contributed by atoms with van der Waals surface area (Å²) in [4.78, 5) is 9.50. The standard InChI is InChI=1S/C19H23N3/c1-6-16-15(8-7-9-20-16)18-13(4)10-17-19(21-18)14(5)11-22(17)12(2)3/h7-12H,6H2,1-5H3. The molecule has 0 bridgehead atoms. The largest absolute Gasteiger partial charge is 0.343 e. The monoisotopic (exact) mass is 293 g/mol. The van der Waals surface area contributed by atoms with E-state index in [9.17, 15) is 0 Å². The summed E-state index contributed by atoms with van der Waals surface area (Å²) >= 11 is 0. The molecule has 3 heterocycles. The van der Waals surface area contributed by atoms with Crippen molar-refractivity contribution in [3.63, 3.8) is 0 Å². The lowest BCUT2D eigenvalue weighted by Gasteiger charge is -2.12. The van der Waals surface area contributed by atoms with Gasteiger partial charge in [-0.05, 0) is 63.4 Å². The van der Waals surface area contributed by atoms with Crippen LogP contribution in [-0.2, 0) is 6.42 Å². The summed E-state index contributed by atoms with van der Waals surface area (Å²) in [5.74, 6) is 0. The van der Waals surface area contributed by atoms with Crippen molar-refractivity contribution in [3.05, 3.63) is 47.4 Å². The minimum Gasteiger partial charge on any atom is -0.343 e. The number of hydrogen-bond acceptors (Lipinski definition) is 2. The second-order valence-electron chi connectivity index (χ2n) is 6.19. The fraction of sp³-hybridized carbons (Fsp3) is 0.368. The molecular formula is C19H23N3. The molecule has 0 aliphatic carbocycles. The Morgan fingerprint density at radius 1 is 1.18 bits per heavy atom. The third kappa shape index (κ3) is 2.31. The minimum atomic E-state index is 0.438. The molecule has 0 aliphatic heterocycles. The maximum absolute atomic E-state index is 5.00. The number of nitrogens with zero attached hydrogens (tertiary/aromatic N) is 3. The first-order chi connectivity index (χ1) is 10.5. The number of rotatable bonds is 3. The van der Waals surface area contributed by atoms with Gasteiger partial charge in [-0.2, -0.15) is 0 Å². The van der Waals surface area contributed by atoms with Gasteiger partial charge in [-0.15, -0.1) is 0 Å². The molecule has 0 radical (unpaired) electrons. The van der Waals surface area contributed by atoms with Gasteiger partial charge >= 0.3 is 0 Å². The van der Waals surface area contributed by atoms with Crippen LogP contribution in [0.3, 0.4) is 0 Å². The van der Waals surface area contributed by atoms with Crippen molar-refractivity contribution in [1.29, 1.82) is 0 Å². The van der Waals surface area contributed by atoms with E-state index in [4.69, 9.17) is 4.98 Å². The number of aromatic nitrogens is 3. The van der Waals surface area contributed by atoms with Crippen molar-refractivity contribution >= 4 is 11.0 Å². The molecule has 3 heteroatoms. The number of hydrogen-bond donors (Lipinski definition) is 0. The zero-order valence-electron chi connectivity index (χ0n) is 14.0. The van der Waals surface area contributed by atoms with Gasteiger partial charge in [0.25, 0.3) is 0 Å². The van der Waals surface area contributed by atoms with Crippen LogP contribution in [0, 0.1) is 13.8 Å². The SMILES string of the molecule is CCc1ncccc1-c1nc2c(C)cn(C(C)C)c2cc1C. The molecule has 3 nitrogen and oxygen atoms in total. The fourth-order valence-electron chi connectivity index (χ4n) is 3.06. The van der Waals surface area contributed by atoms with Crippen molar-refractivity contribution in [1.82, 2.24) is 14.5 Å². The molecular weight excluding hydrogens is 270 g/mol. The van der Waals surface area contributed by atoms with E-state index in [2.05, 4.69) is 62.5 Å². The summed E-state index contributed by atoms with van der Waals surface area (Å²) in [5, 5.41) is 0. The third-order valence-corrected chi connectivity index (χ3v) is 4.21. The van der Waals surface area contributed by atoms with Crippen LogP contribution in [0.2, 0.25) is 0 Å². The van der Waals surface area contributed by atoms with E-state index in [1.165, 1.54) is 16.6 Å². The molecule has 0 aliphatic rings. The van der Waals surface area contributed by atoms with E-state index in [1.54, 1.807) is 0 Å². The van der Waals surface area contributed by atoms with Gasteiger partial charge in [-0.3, -0.25) is 4.98 Å². The van der Waals surface area contributed by atoms with Gasteiger partial charge in [-0.1, -0.05) is 6.92 Å². The highest BCUT2D eigenvalue weighted by Gasteiger charge is 2.15. The van der Waals surface area contributed by atoms with Crippen LogP contribution >= 0.6 is 0 Å². The lowest BCUT2D eigenvalue weighted by molar-refractivity contribution is 0.621. The molecule has 0 unspecified atom stereocenters. The van der Waals surface area contributed by atoms with Crippen molar-refractivity contribution in [2.24, 2.45) is 0 Å². The predicted molar refractivity (Wildman–Crippen MR) is 92.2 cm³/mol. The van der Waals surface area contributed by atoms with E-state index in [0.29, 0.717) is 6.04 Å². The average molecular weight is 293 g/mol. The van der Waals surface area contributed by atoms with E-state index in [-0.39, 0.29) is 0 Å². The highest BCUT2D eigenvalue weighted by atomic mass is 15.0. The number of pyridine rings is 2. The normalized spacial score (nSPS) is 11.5. The summed E-state index contributed by atoms with van der Waals surface area (Å²) in [6.07, 6.45) is 4.98. The van der Waals surface area contributed by atoms with Gasteiger partial charge in [0.2, 0.25) is 0 Å². The first kappa shape index (κ1) is 14.8. The molecule has 0 fully saturated rings. The summed E-state index contributed by atoms with van der Waals surface area (Å²) < 4.78 is 2.30. The van der Waals surface area contributed by atoms with Gasteiger partial charge in [0.1, 0.15) is 0 Å². The minimum absolute atomic E-state index is 0.438. The van der Waals surface area contributed by atoms with Gasteiger partial charge in [0.15, 0.2) is 0 Å². The van der Waals surface area contributed by atoms with Crippen LogP contribution in [0.1, 0.15) is 43.6 Å². The molecule has 0 saturated carbocycles. The van der Waals surface area contributed by atoms with Gasteiger partial charge < -0.3 is 4.57 Å². The molecule has 0 aromatic carbocycles. The smallest absolute Gasteiger partial charge is 0.0917 e. The molecule has 0 amide bonds. The second kappa shape index (κ2) is 5.56. The van der Waals surface area contributed by atoms with E-state index >= 15 is 0 Å². The topological polar surface area (TPSA) is 30.7 Å². The van der Waals surface area contributed by atoms with E-state index < -0.39 is 0 Å². The van der Waals surface area contributed by atoms with Crippen LogP contribution in [-0.4, -0.2) is 14.5 Å². The Morgan fingerprint density at radius 3 is 2.64 bits per heavy atom. The maximum Gasteiger partial charge on any atom is 0.0917 e. The lowest BCUT2D eigenvalue weighted by atomic mass is 10.0. The van der Waals surface area contributed by atoms with Crippen LogP contribution in [0.25, 0.3) is 22.3 Å². The Kier molecular flexibility index (Phi) is 3.73. The van der Waals surface area contributed by atoms with Crippen LogP contribution < -0.4 is 0 Å². The molecule has 3 aromatic heterocycles. The first-order valence-electron chi connectivity index (χ1n) is 7.96. The lowest BCUT2D eigenvalue weighted by Crippen LogP contribution is -2.00. The Balaban J connectivity index is 2.28. The summed E-state index contributed by atoms with van der Waals surface area (Å²) in [7, 11) is 0. The maximum atomic E-state index is 5.00. The highest BCUT2D eigenvalue weighted by Crippen LogP contribution is 2.30. The Hall–Kier alpha value is -2.16. The zero-order valence-corrected chi connectivity index (χ0v) is 14.0. The van der Waals surface area contributed by atoms with Crippen LogP contribution in [0.15, 0.2) is 30.6 Å². The number of fused-ring (bicyclic) bond motifs is 1. The fourth-order valence-corrected chi connectivity index (χ4v) is 3.06. The predicted octanol–water partition coefficient (Wildman–Crippen LogP) is 4.86. The van der Waals surface area contributed by atoms with E-state index in [0.717, 1.165) is 28.9 Å².